The molecular weight excluding hydrogens is 469 g/mol. The van der Waals surface area contributed by atoms with Crippen LogP contribution in [0.5, 0.6) is 5.75 Å². The standard InChI is InChI=1S/C31H28FNO4/c1-3-36-26-13-27-24(28(30(35)33-2)29(37-27)19-7-9-22(32)10-8-19)12-23(26)20-5-4-6-21(11-20)25(34)17-31-14-18(15-31)16-31/h4-13,18H,3,14-17H2,1-2H3,(H,33,35). The van der Waals surface area contributed by atoms with E-state index in [2.05, 4.69) is 5.32 Å². The van der Waals surface area contributed by atoms with E-state index in [9.17, 15) is 14.0 Å². The maximum Gasteiger partial charge on any atom is 0.255 e. The maximum absolute atomic E-state index is 13.6. The van der Waals surface area contributed by atoms with E-state index in [0.717, 1.165) is 17.0 Å². The van der Waals surface area contributed by atoms with Crippen molar-refractivity contribution in [2.75, 3.05) is 13.7 Å². The van der Waals surface area contributed by atoms with Gasteiger partial charge in [0, 0.05) is 41.6 Å². The predicted molar refractivity (Wildman–Crippen MR) is 140 cm³/mol. The average Bonchev–Trinajstić information content (AvgIpc) is 3.23. The Bertz CT molecular complexity index is 1520. The monoisotopic (exact) mass is 497 g/mol. The summed E-state index contributed by atoms with van der Waals surface area (Å²) in [6.45, 7) is 2.34. The molecule has 37 heavy (non-hydrogen) atoms. The Morgan fingerprint density at radius 3 is 2.46 bits per heavy atom. The molecule has 6 heteroatoms. The summed E-state index contributed by atoms with van der Waals surface area (Å²) in [4.78, 5) is 26.1. The number of fused-ring (bicyclic) bond motifs is 1. The van der Waals surface area contributed by atoms with E-state index < -0.39 is 0 Å². The molecule has 0 aliphatic heterocycles. The van der Waals surface area contributed by atoms with Gasteiger partial charge in [-0.15, -0.1) is 0 Å². The van der Waals surface area contributed by atoms with Gasteiger partial charge in [0.15, 0.2) is 5.78 Å². The minimum Gasteiger partial charge on any atom is -0.493 e. The Morgan fingerprint density at radius 1 is 1.05 bits per heavy atom. The Morgan fingerprint density at radius 2 is 1.81 bits per heavy atom. The number of ketones is 1. The van der Waals surface area contributed by atoms with Gasteiger partial charge in [0.2, 0.25) is 0 Å². The largest absolute Gasteiger partial charge is 0.493 e. The van der Waals surface area contributed by atoms with Gasteiger partial charge >= 0.3 is 0 Å². The normalized spacial score (nSPS) is 19.7. The van der Waals surface area contributed by atoms with E-state index in [1.807, 2.05) is 37.3 Å². The highest BCUT2D eigenvalue weighted by atomic mass is 19.1. The van der Waals surface area contributed by atoms with Crippen molar-refractivity contribution >= 4 is 22.7 Å². The first-order valence-corrected chi connectivity index (χ1v) is 12.7. The van der Waals surface area contributed by atoms with Crippen LogP contribution in [0.4, 0.5) is 4.39 Å². The smallest absolute Gasteiger partial charge is 0.255 e. The van der Waals surface area contributed by atoms with Crippen LogP contribution in [0, 0.1) is 17.2 Å². The number of carbonyl (C=O) groups excluding carboxylic acids is 2. The number of nitrogens with one attached hydrogen (secondary N) is 1. The second-order valence-corrected chi connectivity index (χ2v) is 10.3. The van der Waals surface area contributed by atoms with Crippen LogP contribution < -0.4 is 10.1 Å². The van der Waals surface area contributed by atoms with Crippen LogP contribution in [-0.4, -0.2) is 25.3 Å². The first kappa shape index (κ1) is 23.5. The zero-order chi connectivity index (χ0) is 25.7. The van der Waals surface area contributed by atoms with Crippen LogP contribution in [0.2, 0.25) is 0 Å². The molecule has 1 heterocycles. The molecule has 7 rings (SSSR count). The maximum atomic E-state index is 13.6. The number of ether oxygens (including phenoxy) is 1. The van der Waals surface area contributed by atoms with Crippen molar-refractivity contribution in [1.82, 2.24) is 5.32 Å². The number of hydrogen-bond acceptors (Lipinski definition) is 4. The van der Waals surface area contributed by atoms with Gasteiger partial charge in [-0.25, -0.2) is 4.39 Å². The van der Waals surface area contributed by atoms with Gasteiger partial charge in [-0.1, -0.05) is 18.2 Å². The lowest BCUT2D eigenvalue weighted by atomic mass is 9.43. The van der Waals surface area contributed by atoms with Crippen LogP contribution in [0.3, 0.4) is 0 Å². The predicted octanol–water partition coefficient (Wildman–Crippen LogP) is 7.04. The van der Waals surface area contributed by atoms with E-state index >= 15 is 0 Å². The van der Waals surface area contributed by atoms with Crippen LogP contribution in [0.1, 0.15) is 53.3 Å². The third-order valence-corrected chi connectivity index (χ3v) is 7.85. The van der Waals surface area contributed by atoms with Crippen LogP contribution in [0.25, 0.3) is 33.4 Å². The fourth-order valence-electron chi connectivity index (χ4n) is 5.96. The zero-order valence-corrected chi connectivity index (χ0v) is 20.9. The van der Waals surface area contributed by atoms with Crippen molar-refractivity contribution in [2.45, 2.75) is 32.6 Å². The molecule has 3 aliphatic carbocycles. The van der Waals surface area contributed by atoms with Gasteiger partial charge in [-0.2, -0.15) is 0 Å². The molecule has 5 nitrogen and oxygen atoms in total. The third-order valence-electron chi connectivity index (χ3n) is 7.85. The van der Waals surface area contributed by atoms with Crippen molar-refractivity contribution in [1.29, 1.82) is 0 Å². The summed E-state index contributed by atoms with van der Waals surface area (Å²) in [7, 11) is 1.56. The fraction of sp³-hybridized carbons (Fsp3) is 0.290. The summed E-state index contributed by atoms with van der Waals surface area (Å²) < 4.78 is 25.7. The topological polar surface area (TPSA) is 68.5 Å². The first-order chi connectivity index (χ1) is 17.9. The second-order valence-electron chi connectivity index (χ2n) is 10.3. The van der Waals surface area contributed by atoms with Crippen molar-refractivity contribution in [3.05, 3.63) is 77.6 Å². The number of amides is 1. The summed E-state index contributed by atoms with van der Waals surface area (Å²) in [5, 5.41) is 3.31. The van der Waals surface area contributed by atoms with Crippen LogP contribution >= 0.6 is 0 Å². The zero-order valence-electron chi connectivity index (χ0n) is 20.9. The molecule has 0 atom stereocenters. The molecule has 1 amide bonds. The molecule has 0 saturated heterocycles. The van der Waals surface area contributed by atoms with Gasteiger partial charge in [-0.3, -0.25) is 9.59 Å². The highest BCUT2D eigenvalue weighted by Gasteiger charge is 2.56. The molecule has 3 aromatic carbocycles. The third kappa shape index (κ3) is 4.01. The fourth-order valence-corrected chi connectivity index (χ4v) is 5.96. The average molecular weight is 498 g/mol. The lowest BCUT2D eigenvalue weighted by molar-refractivity contribution is -0.103. The molecule has 2 bridgehead atoms. The summed E-state index contributed by atoms with van der Waals surface area (Å²) in [6.07, 6.45) is 4.15. The van der Waals surface area contributed by atoms with E-state index in [4.69, 9.17) is 9.15 Å². The Hall–Kier alpha value is -3.93. The van der Waals surface area contributed by atoms with Crippen molar-refractivity contribution in [3.8, 4) is 28.2 Å². The highest BCUT2D eigenvalue weighted by Crippen LogP contribution is 2.66. The molecule has 1 N–H and O–H groups in total. The lowest BCUT2D eigenvalue weighted by Crippen LogP contribution is -2.52. The molecule has 3 fully saturated rings. The van der Waals surface area contributed by atoms with E-state index in [1.165, 1.54) is 31.4 Å². The Kier molecular flexibility index (Phi) is 5.63. The molecular formula is C31H28FNO4. The van der Waals surface area contributed by atoms with Gasteiger partial charge in [0.1, 0.15) is 22.9 Å². The molecule has 3 saturated carbocycles. The van der Waals surface area contributed by atoms with Crippen molar-refractivity contribution in [2.24, 2.45) is 11.3 Å². The number of Topliss-reactive ketones (excluding diaryl/α,β-unsaturated/α-hetero) is 1. The Balaban J connectivity index is 1.46. The molecule has 0 spiro atoms. The Labute approximate surface area is 214 Å². The SMILES string of the molecule is CCOc1cc2oc(-c3ccc(F)cc3)c(C(=O)NC)c2cc1-c1cccc(C(=O)CC23CC(C2)C3)c1. The number of halogens is 1. The summed E-state index contributed by atoms with van der Waals surface area (Å²) in [6, 6.07) is 17.1. The van der Waals surface area contributed by atoms with Crippen LogP contribution in [0.15, 0.2) is 65.1 Å². The van der Waals surface area contributed by atoms with Gasteiger partial charge in [-0.05, 0) is 79.5 Å². The van der Waals surface area contributed by atoms with E-state index in [0.29, 0.717) is 52.2 Å². The van der Waals surface area contributed by atoms with Gasteiger partial charge in [0.25, 0.3) is 5.91 Å². The molecule has 1 aromatic heterocycles. The molecule has 0 radical (unpaired) electrons. The van der Waals surface area contributed by atoms with Crippen LogP contribution in [-0.2, 0) is 0 Å². The summed E-state index contributed by atoms with van der Waals surface area (Å²) >= 11 is 0. The number of carbonyl (C=O) groups is 2. The summed E-state index contributed by atoms with van der Waals surface area (Å²) in [5.74, 6) is 1.29. The number of hydrogen-bond donors (Lipinski definition) is 1. The summed E-state index contributed by atoms with van der Waals surface area (Å²) in [5.41, 5.74) is 3.98. The quantitative estimate of drug-likeness (QED) is 0.265. The first-order valence-electron chi connectivity index (χ1n) is 12.7. The van der Waals surface area contributed by atoms with E-state index in [1.54, 1.807) is 25.2 Å². The molecule has 0 unspecified atom stereocenters. The second kappa shape index (κ2) is 8.87. The van der Waals surface area contributed by atoms with Gasteiger partial charge < -0.3 is 14.5 Å². The number of rotatable bonds is 8. The molecule has 3 aliphatic rings. The van der Waals surface area contributed by atoms with Gasteiger partial charge in [0.05, 0.1) is 12.2 Å². The highest BCUT2D eigenvalue weighted by molar-refractivity contribution is 6.12. The minimum atomic E-state index is -0.370. The number of benzene rings is 3. The van der Waals surface area contributed by atoms with Crippen molar-refractivity contribution < 1.29 is 23.1 Å². The molecule has 188 valence electrons. The molecule has 4 aromatic rings. The number of furan rings is 1. The lowest BCUT2D eigenvalue weighted by Gasteiger charge is -2.62. The van der Waals surface area contributed by atoms with E-state index in [-0.39, 0.29) is 22.9 Å². The minimum absolute atomic E-state index is 0.173. The van der Waals surface area contributed by atoms with Crippen molar-refractivity contribution in [3.63, 3.8) is 0 Å².